The summed E-state index contributed by atoms with van der Waals surface area (Å²) in [6.45, 7) is 6.63. The predicted molar refractivity (Wildman–Crippen MR) is 103 cm³/mol. The van der Waals surface area contributed by atoms with Crippen LogP contribution in [0.1, 0.15) is 19.4 Å². The van der Waals surface area contributed by atoms with Gasteiger partial charge in [-0.1, -0.05) is 0 Å². The highest BCUT2D eigenvalue weighted by molar-refractivity contribution is 7.89. The Bertz CT molecular complexity index is 819. The molecule has 0 saturated carbocycles. The summed E-state index contributed by atoms with van der Waals surface area (Å²) < 4.78 is 37.7. The summed E-state index contributed by atoms with van der Waals surface area (Å²) in [6, 6.07) is 3.58. The molecule has 10 heteroatoms. The number of benzene rings is 1. The van der Waals surface area contributed by atoms with Gasteiger partial charge < -0.3 is 19.3 Å². The van der Waals surface area contributed by atoms with Gasteiger partial charge >= 0.3 is 6.09 Å². The minimum Gasteiger partial charge on any atom is -0.496 e. The minimum absolute atomic E-state index is 0.0672. The first-order valence-corrected chi connectivity index (χ1v) is 10.6. The van der Waals surface area contributed by atoms with Crippen LogP contribution in [-0.4, -0.2) is 76.2 Å². The molecule has 0 aromatic heterocycles. The molecule has 0 unspecified atom stereocenters. The van der Waals surface area contributed by atoms with Crippen molar-refractivity contribution in [3.8, 4) is 5.75 Å². The lowest BCUT2D eigenvalue weighted by Crippen LogP contribution is -2.55. The minimum atomic E-state index is -3.86. The van der Waals surface area contributed by atoms with Gasteiger partial charge in [0.2, 0.25) is 15.9 Å². The maximum atomic E-state index is 12.6. The number of sulfonamides is 1. The van der Waals surface area contributed by atoms with E-state index in [4.69, 9.17) is 9.47 Å². The molecule has 1 fully saturated rings. The summed E-state index contributed by atoms with van der Waals surface area (Å²) >= 11 is 0. The number of nitrogens with one attached hydrogen (secondary N) is 1. The smallest absolute Gasteiger partial charge is 0.409 e. The standard InChI is InChI=1S/C18H27N3O6S/c1-5-27-18(23)21-10-8-20(9-11-21)17(22)14(3)19-28(24,25)15-6-7-16(26-4)13(2)12-15/h6-7,12,14,19H,5,8-11H2,1-4H3/t14-/m1/s1. The Morgan fingerprint density at radius 3 is 2.32 bits per heavy atom. The summed E-state index contributed by atoms with van der Waals surface area (Å²) in [7, 11) is -2.35. The van der Waals surface area contributed by atoms with Crippen molar-refractivity contribution >= 4 is 22.0 Å². The third kappa shape index (κ3) is 5.14. The fourth-order valence-corrected chi connectivity index (χ4v) is 4.25. The van der Waals surface area contributed by atoms with Crippen LogP contribution in [0.25, 0.3) is 0 Å². The number of amides is 2. The van der Waals surface area contributed by atoms with Crippen molar-refractivity contribution < 1.29 is 27.5 Å². The summed E-state index contributed by atoms with van der Waals surface area (Å²) in [5, 5.41) is 0. The van der Waals surface area contributed by atoms with E-state index in [1.165, 1.54) is 31.1 Å². The van der Waals surface area contributed by atoms with E-state index < -0.39 is 22.2 Å². The SMILES string of the molecule is CCOC(=O)N1CCN(C(=O)[C@@H](C)NS(=O)(=O)c2ccc(OC)c(C)c2)CC1. The molecule has 1 heterocycles. The van der Waals surface area contributed by atoms with Crippen molar-refractivity contribution in [3.05, 3.63) is 23.8 Å². The van der Waals surface area contributed by atoms with Gasteiger partial charge in [0.1, 0.15) is 5.75 Å². The van der Waals surface area contributed by atoms with Crippen LogP contribution >= 0.6 is 0 Å². The lowest BCUT2D eigenvalue weighted by Gasteiger charge is -2.35. The molecular weight excluding hydrogens is 386 g/mol. The van der Waals surface area contributed by atoms with E-state index in [9.17, 15) is 18.0 Å². The third-order valence-electron chi connectivity index (χ3n) is 4.50. The van der Waals surface area contributed by atoms with Gasteiger partial charge in [-0.2, -0.15) is 4.72 Å². The molecule has 1 aromatic carbocycles. The summed E-state index contributed by atoms with van der Waals surface area (Å²) in [5.74, 6) is 0.250. The molecule has 2 rings (SSSR count). The lowest BCUT2D eigenvalue weighted by molar-refractivity contribution is -0.134. The van der Waals surface area contributed by atoms with E-state index in [-0.39, 0.29) is 10.8 Å². The quantitative estimate of drug-likeness (QED) is 0.745. The maximum absolute atomic E-state index is 12.6. The number of carbonyl (C=O) groups is 2. The van der Waals surface area contributed by atoms with Gasteiger partial charge in [0, 0.05) is 26.2 Å². The van der Waals surface area contributed by atoms with E-state index in [0.717, 1.165) is 0 Å². The summed E-state index contributed by atoms with van der Waals surface area (Å²) in [5.41, 5.74) is 0.680. The number of nitrogens with zero attached hydrogens (tertiary/aromatic N) is 2. The first-order chi connectivity index (χ1) is 13.2. The second-order valence-electron chi connectivity index (χ2n) is 6.49. The number of hydrogen-bond donors (Lipinski definition) is 1. The number of ether oxygens (including phenoxy) is 2. The van der Waals surface area contributed by atoms with Gasteiger partial charge in [-0.15, -0.1) is 0 Å². The maximum Gasteiger partial charge on any atom is 0.409 e. The topological polar surface area (TPSA) is 105 Å². The van der Waals surface area contributed by atoms with Gasteiger partial charge in [-0.3, -0.25) is 4.79 Å². The Morgan fingerprint density at radius 1 is 1.18 bits per heavy atom. The van der Waals surface area contributed by atoms with Crippen LogP contribution in [0.5, 0.6) is 5.75 Å². The highest BCUT2D eigenvalue weighted by atomic mass is 32.2. The normalized spacial score (nSPS) is 15.9. The van der Waals surface area contributed by atoms with E-state index in [1.54, 1.807) is 24.8 Å². The zero-order chi connectivity index (χ0) is 20.9. The molecular formula is C18H27N3O6S. The van der Waals surface area contributed by atoms with Gasteiger partial charge in [0.15, 0.2) is 0 Å². The molecule has 0 radical (unpaired) electrons. The van der Waals surface area contributed by atoms with Gasteiger partial charge in [0.25, 0.3) is 0 Å². The zero-order valence-electron chi connectivity index (χ0n) is 16.6. The molecule has 156 valence electrons. The van der Waals surface area contributed by atoms with Crippen molar-refractivity contribution in [3.63, 3.8) is 0 Å². The van der Waals surface area contributed by atoms with Crippen molar-refractivity contribution in [1.82, 2.24) is 14.5 Å². The van der Waals surface area contributed by atoms with Crippen LogP contribution in [0.4, 0.5) is 4.79 Å². The number of piperazine rings is 1. The van der Waals surface area contributed by atoms with E-state index in [0.29, 0.717) is 44.1 Å². The predicted octanol–water partition coefficient (Wildman–Crippen LogP) is 0.971. The van der Waals surface area contributed by atoms with Crippen LogP contribution in [0.3, 0.4) is 0 Å². The Kier molecular flexibility index (Phi) is 7.25. The van der Waals surface area contributed by atoms with E-state index in [1.807, 2.05) is 0 Å². The van der Waals surface area contributed by atoms with Crippen LogP contribution in [-0.2, 0) is 19.6 Å². The number of methoxy groups -OCH3 is 1. The average Bonchev–Trinajstić information content (AvgIpc) is 2.67. The van der Waals surface area contributed by atoms with Crippen LogP contribution in [0, 0.1) is 6.92 Å². The van der Waals surface area contributed by atoms with Crippen molar-refractivity contribution in [2.24, 2.45) is 0 Å². The number of aryl methyl sites for hydroxylation is 1. The zero-order valence-corrected chi connectivity index (χ0v) is 17.4. The Labute approximate surface area is 165 Å². The van der Waals surface area contributed by atoms with Crippen LogP contribution in [0.2, 0.25) is 0 Å². The molecule has 1 aliphatic heterocycles. The Hall–Kier alpha value is -2.33. The molecule has 0 spiro atoms. The first-order valence-electron chi connectivity index (χ1n) is 9.07. The molecule has 1 aliphatic rings. The van der Waals surface area contributed by atoms with Gasteiger partial charge in [0.05, 0.1) is 24.7 Å². The second kappa shape index (κ2) is 9.24. The number of carbonyl (C=O) groups excluding carboxylic acids is 2. The van der Waals surface area contributed by atoms with Crippen molar-refractivity contribution in [2.75, 3.05) is 39.9 Å². The molecule has 1 N–H and O–H groups in total. The molecule has 0 bridgehead atoms. The summed E-state index contributed by atoms with van der Waals surface area (Å²) in [6.07, 6.45) is -0.404. The Balaban J connectivity index is 1.98. The van der Waals surface area contributed by atoms with Crippen LogP contribution < -0.4 is 9.46 Å². The molecule has 2 amide bonds. The fraction of sp³-hybridized carbons (Fsp3) is 0.556. The van der Waals surface area contributed by atoms with Gasteiger partial charge in [-0.05, 0) is 44.5 Å². The van der Waals surface area contributed by atoms with E-state index >= 15 is 0 Å². The number of hydrogen-bond acceptors (Lipinski definition) is 6. The highest BCUT2D eigenvalue weighted by Gasteiger charge is 2.30. The summed E-state index contributed by atoms with van der Waals surface area (Å²) in [4.78, 5) is 27.5. The third-order valence-corrected chi connectivity index (χ3v) is 6.03. The van der Waals surface area contributed by atoms with Crippen LogP contribution in [0.15, 0.2) is 23.1 Å². The number of rotatable bonds is 6. The van der Waals surface area contributed by atoms with Crippen molar-refractivity contribution in [1.29, 1.82) is 0 Å². The molecule has 1 atom stereocenters. The molecule has 9 nitrogen and oxygen atoms in total. The van der Waals surface area contributed by atoms with Crippen molar-refractivity contribution in [2.45, 2.75) is 31.7 Å². The fourth-order valence-electron chi connectivity index (χ4n) is 2.97. The van der Waals surface area contributed by atoms with Gasteiger partial charge in [-0.25, -0.2) is 13.2 Å². The van der Waals surface area contributed by atoms with E-state index in [2.05, 4.69) is 4.72 Å². The molecule has 1 aromatic rings. The molecule has 28 heavy (non-hydrogen) atoms. The average molecular weight is 413 g/mol. The lowest BCUT2D eigenvalue weighted by atomic mass is 10.2. The first kappa shape index (κ1) is 22.0. The monoisotopic (exact) mass is 413 g/mol. The second-order valence-corrected chi connectivity index (χ2v) is 8.20. The largest absolute Gasteiger partial charge is 0.496 e. The highest BCUT2D eigenvalue weighted by Crippen LogP contribution is 2.21. The molecule has 0 aliphatic carbocycles. The Morgan fingerprint density at radius 2 is 1.79 bits per heavy atom. The molecule has 1 saturated heterocycles.